The highest BCUT2D eigenvalue weighted by Crippen LogP contribution is 2.44. The van der Waals surface area contributed by atoms with Gasteiger partial charge in [0.2, 0.25) is 0 Å². The molecule has 3 rings (SSSR count). The second-order valence-corrected chi connectivity index (χ2v) is 6.14. The highest BCUT2D eigenvalue weighted by molar-refractivity contribution is 5.85. The second kappa shape index (κ2) is 7.90. The number of hydrogen-bond acceptors (Lipinski definition) is 5. The minimum absolute atomic E-state index is 0.0703. The molecule has 1 atom stereocenters. The molecule has 0 radical (unpaired) electrons. The number of esters is 1. The van der Waals surface area contributed by atoms with Gasteiger partial charge in [0, 0.05) is 5.92 Å². The largest absolute Gasteiger partial charge is 0.481 e. The number of carboxylic acids is 1. The monoisotopic (exact) mass is 369 g/mol. The van der Waals surface area contributed by atoms with Crippen molar-refractivity contribution in [1.82, 2.24) is 5.32 Å². The summed E-state index contributed by atoms with van der Waals surface area (Å²) in [5.74, 6) is -2.20. The molecule has 0 spiro atoms. The Hall–Kier alpha value is -3.35. The fourth-order valence-corrected chi connectivity index (χ4v) is 3.29. The van der Waals surface area contributed by atoms with Crippen LogP contribution in [0.5, 0.6) is 0 Å². The van der Waals surface area contributed by atoms with E-state index in [4.69, 9.17) is 9.84 Å². The zero-order valence-corrected chi connectivity index (χ0v) is 14.7. The molecular formula is C20H19NO6. The van der Waals surface area contributed by atoms with E-state index in [1.165, 1.54) is 0 Å². The fourth-order valence-electron chi connectivity index (χ4n) is 3.29. The Morgan fingerprint density at radius 3 is 2.11 bits per heavy atom. The van der Waals surface area contributed by atoms with Crippen molar-refractivity contribution >= 4 is 18.0 Å². The van der Waals surface area contributed by atoms with E-state index < -0.39 is 30.5 Å². The maximum Gasteiger partial charge on any atom is 0.407 e. The van der Waals surface area contributed by atoms with Gasteiger partial charge in [-0.1, -0.05) is 48.5 Å². The molecule has 0 saturated carbocycles. The molecule has 1 aliphatic rings. The highest BCUT2D eigenvalue weighted by atomic mass is 16.6. The molecule has 0 heterocycles. The standard InChI is InChI=1S/C20H19NO6/c1-26-19(24)17(10-18(22)23)21-20(25)27-11-16-14-8-4-2-6-12(14)13-7-3-5-9-15(13)16/h2-9,16-17H,10-11H2,1H3,(H,21,25)(H,22,23). The number of alkyl carbamates (subject to hydrolysis) is 1. The number of aliphatic carboxylic acids is 1. The topological polar surface area (TPSA) is 102 Å². The van der Waals surface area contributed by atoms with Gasteiger partial charge in [0.15, 0.2) is 0 Å². The van der Waals surface area contributed by atoms with E-state index in [1.807, 2.05) is 48.5 Å². The van der Waals surface area contributed by atoms with Gasteiger partial charge in [0.25, 0.3) is 0 Å². The van der Waals surface area contributed by atoms with E-state index in [-0.39, 0.29) is 12.5 Å². The van der Waals surface area contributed by atoms with E-state index in [9.17, 15) is 14.4 Å². The predicted octanol–water partition coefficient (Wildman–Crippen LogP) is 2.54. The van der Waals surface area contributed by atoms with Gasteiger partial charge in [-0.25, -0.2) is 9.59 Å². The molecule has 1 amide bonds. The number of hydrogen-bond donors (Lipinski definition) is 2. The molecule has 2 N–H and O–H groups in total. The summed E-state index contributed by atoms with van der Waals surface area (Å²) in [6.07, 6.45) is -1.45. The van der Waals surface area contributed by atoms with E-state index in [0.717, 1.165) is 29.4 Å². The third-order valence-electron chi connectivity index (χ3n) is 4.50. The first kappa shape index (κ1) is 18.4. The third-order valence-corrected chi connectivity index (χ3v) is 4.50. The quantitative estimate of drug-likeness (QED) is 0.759. The van der Waals surface area contributed by atoms with Gasteiger partial charge < -0.3 is 19.9 Å². The lowest BCUT2D eigenvalue weighted by molar-refractivity contribution is -0.148. The number of carbonyl (C=O) groups is 3. The predicted molar refractivity (Wildman–Crippen MR) is 96.3 cm³/mol. The van der Waals surface area contributed by atoms with Crippen molar-refractivity contribution in [2.45, 2.75) is 18.4 Å². The summed E-state index contributed by atoms with van der Waals surface area (Å²) in [5, 5.41) is 11.1. The van der Waals surface area contributed by atoms with Gasteiger partial charge in [0.1, 0.15) is 12.6 Å². The molecule has 1 unspecified atom stereocenters. The number of carbonyl (C=O) groups excluding carboxylic acids is 2. The molecule has 0 bridgehead atoms. The summed E-state index contributed by atoms with van der Waals surface area (Å²) < 4.78 is 9.81. The number of rotatable bonds is 6. The van der Waals surface area contributed by atoms with E-state index in [2.05, 4.69) is 10.1 Å². The Balaban J connectivity index is 1.70. The lowest BCUT2D eigenvalue weighted by atomic mass is 9.98. The zero-order chi connectivity index (χ0) is 19.4. The van der Waals surface area contributed by atoms with Crippen molar-refractivity contribution in [2.75, 3.05) is 13.7 Å². The Bertz CT molecular complexity index is 833. The van der Waals surface area contributed by atoms with Crippen LogP contribution < -0.4 is 5.32 Å². The molecule has 0 aliphatic heterocycles. The SMILES string of the molecule is COC(=O)C(CC(=O)O)NC(=O)OCC1c2ccccc2-c2ccccc21. The van der Waals surface area contributed by atoms with Crippen LogP contribution in [0.15, 0.2) is 48.5 Å². The van der Waals surface area contributed by atoms with Gasteiger partial charge in [-0.3, -0.25) is 4.79 Å². The van der Waals surface area contributed by atoms with Gasteiger partial charge in [-0.2, -0.15) is 0 Å². The lowest BCUT2D eigenvalue weighted by Gasteiger charge is -2.17. The van der Waals surface area contributed by atoms with Crippen molar-refractivity contribution in [3.8, 4) is 11.1 Å². The van der Waals surface area contributed by atoms with Crippen molar-refractivity contribution in [3.63, 3.8) is 0 Å². The van der Waals surface area contributed by atoms with Gasteiger partial charge in [0.05, 0.1) is 13.5 Å². The molecule has 0 saturated heterocycles. The lowest BCUT2D eigenvalue weighted by Crippen LogP contribution is -2.43. The van der Waals surface area contributed by atoms with E-state index >= 15 is 0 Å². The third kappa shape index (κ3) is 3.92. The number of methoxy groups -OCH3 is 1. The van der Waals surface area contributed by atoms with Crippen LogP contribution in [0.3, 0.4) is 0 Å². The van der Waals surface area contributed by atoms with Crippen LogP contribution in [-0.2, 0) is 19.1 Å². The van der Waals surface area contributed by atoms with Gasteiger partial charge in [-0.05, 0) is 22.3 Å². The summed E-state index contributed by atoms with van der Waals surface area (Å²) >= 11 is 0. The maximum absolute atomic E-state index is 12.1. The summed E-state index contributed by atoms with van der Waals surface area (Å²) in [4.78, 5) is 34.6. The Kier molecular flexibility index (Phi) is 5.40. The van der Waals surface area contributed by atoms with Crippen LogP contribution in [0.2, 0.25) is 0 Å². The number of benzene rings is 2. The Morgan fingerprint density at radius 1 is 1.04 bits per heavy atom. The van der Waals surface area contributed by atoms with Crippen molar-refractivity contribution in [3.05, 3.63) is 59.7 Å². The Labute approximate surface area is 155 Å². The van der Waals surface area contributed by atoms with Crippen molar-refractivity contribution in [1.29, 1.82) is 0 Å². The van der Waals surface area contributed by atoms with Crippen LogP contribution in [0, 0.1) is 0 Å². The number of carboxylic acid groups (broad SMARTS) is 1. The van der Waals surface area contributed by atoms with Crippen molar-refractivity contribution in [2.24, 2.45) is 0 Å². The van der Waals surface area contributed by atoms with Crippen LogP contribution in [0.1, 0.15) is 23.5 Å². The molecule has 2 aromatic carbocycles. The summed E-state index contributed by atoms with van der Waals surface area (Å²) in [7, 11) is 1.12. The number of fused-ring (bicyclic) bond motifs is 3. The molecular weight excluding hydrogens is 350 g/mol. The van der Waals surface area contributed by atoms with Crippen LogP contribution in [-0.4, -0.2) is 42.9 Å². The van der Waals surface area contributed by atoms with E-state index in [1.54, 1.807) is 0 Å². The van der Waals surface area contributed by atoms with Crippen LogP contribution >= 0.6 is 0 Å². The van der Waals surface area contributed by atoms with Gasteiger partial charge in [-0.15, -0.1) is 0 Å². The minimum Gasteiger partial charge on any atom is -0.481 e. The first-order valence-electron chi connectivity index (χ1n) is 8.42. The molecule has 1 aliphatic carbocycles. The average Bonchev–Trinajstić information content (AvgIpc) is 2.99. The molecule has 7 nitrogen and oxygen atoms in total. The summed E-state index contributed by atoms with van der Waals surface area (Å²) in [6, 6.07) is 14.5. The molecule has 27 heavy (non-hydrogen) atoms. The molecule has 0 aromatic heterocycles. The summed E-state index contributed by atoms with van der Waals surface area (Å²) in [6.45, 7) is 0.0703. The van der Waals surface area contributed by atoms with Gasteiger partial charge >= 0.3 is 18.0 Å². The van der Waals surface area contributed by atoms with Crippen molar-refractivity contribution < 1.29 is 29.0 Å². The average molecular weight is 369 g/mol. The molecule has 7 heteroatoms. The number of nitrogens with one attached hydrogen (secondary N) is 1. The number of ether oxygens (including phenoxy) is 2. The Morgan fingerprint density at radius 2 is 1.59 bits per heavy atom. The minimum atomic E-state index is -1.30. The molecule has 2 aromatic rings. The first-order chi connectivity index (χ1) is 13.0. The highest BCUT2D eigenvalue weighted by Gasteiger charge is 2.30. The summed E-state index contributed by atoms with van der Waals surface area (Å²) in [5.41, 5.74) is 4.31. The smallest absolute Gasteiger partial charge is 0.407 e. The molecule has 0 fully saturated rings. The van der Waals surface area contributed by atoms with Crippen LogP contribution in [0.25, 0.3) is 11.1 Å². The maximum atomic E-state index is 12.1. The normalized spacial score (nSPS) is 13.2. The zero-order valence-electron chi connectivity index (χ0n) is 14.7. The van der Waals surface area contributed by atoms with Crippen LogP contribution in [0.4, 0.5) is 4.79 Å². The fraction of sp³-hybridized carbons (Fsp3) is 0.250. The molecule has 140 valence electrons. The van der Waals surface area contributed by atoms with E-state index in [0.29, 0.717) is 0 Å². The first-order valence-corrected chi connectivity index (χ1v) is 8.42. The number of amides is 1. The second-order valence-electron chi connectivity index (χ2n) is 6.14.